The Kier molecular flexibility index (Phi) is 6.88. The van der Waals surface area contributed by atoms with Crippen LogP contribution >= 0.6 is 12.9 Å². The van der Waals surface area contributed by atoms with Crippen LogP contribution < -0.4 is 10.6 Å². The van der Waals surface area contributed by atoms with Gasteiger partial charge in [-0.25, -0.2) is 9.97 Å². The largest absolute Gasteiger partial charge is 0.419 e. The molecule has 1 aromatic heterocycles. The first-order valence-electron chi connectivity index (χ1n) is 9.34. The number of carbonyl (C=O) groups excluding carboxylic acids is 1. The summed E-state index contributed by atoms with van der Waals surface area (Å²) in [6.07, 6.45) is 1.77. The predicted molar refractivity (Wildman–Crippen MR) is 107 cm³/mol. The lowest BCUT2D eigenvalue weighted by Crippen LogP contribution is -2.50. The molecule has 1 fully saturated rings. The number of aromatic nitrogens is 2. The zero-order valence-electron chi connectivity index (χ0n) is 16.3. The second-order valence-corrected chi connectivity index (χ2v) is 7.37. The normalized spacial score (nSPS) is 20.9. The van der Waals surface area contributed by atoms with Gasteiger partial charge in [-0.1, -0.05) is 0 Å². The van der Waals surface area contributed by atoms with Crippen molar-refractivity contribution in [3.63, 3.8) is 0 Å². The fourth-order valence-electron chi connectivity index (χ4n) is 3.23. The van der Waals surface area contributed by atoms with Crippen molar-refractivity contribution in [2.45, 2.75) is 25.4 Å². The summed E-state index contributed by atoms with van der Waals surface area (Å²) < 4.78 is 43.0. The second-order valence-electron chi connectivity index (χ2n) is 7.16. The van der Waals surface area contributed by atoms with E-state index < -0.39 is 18.0 Å². The highest BCUT2D eigenvalue weighted by atomic mass is 32.1. The predicted octanol–water partition coefficient (Wildman–Crippen LogP) is 1.43. The van der Waals surface area contributed by atoms with Crippen LogP contribution in [-0.4, -0.2) is 70.7 Å². The van der Waals surface area contributed by atoms with Gasteiger partial charge in [0, 0.05) is 57.4 Å². The Morgan fingerprint density at radius 1 is 1.30 bits per heavy atom. The quantitative estimate of drug-likeness (QED) is 0.525. The third-order valence-electron chi connectivity index (χ3n) is 4.74. The molecular weight excluding hydrogens is 421 g/mol. The van der Waals surface area contributed by atoms with Gasteiger partial charge in [0.1, 0.15) is 0 Å². The second kappa shape index (κ2) is 9.23. The fourth-order valence-corrected chi connectivity index (χ4v) is 3.42. The maximum Gasteiger partial charge on any atom is 0.419 e. The van der Waals surface area contributed by atoms with Crippen LogP contribution in [0.4, 0.5) is 19.1 Å². The minimum Gasteiger partial charge on any atom is -0.346 e. The molecule has 0 aliphatic carbocycles. The summed E-state index contributed by atoms with van der Waals surface area (Å²) in [5, 5.41) is 0. The first-order chi connectivity index (χ1) is 14.2. The van der Waals surface area contributed by atoms with Gasteiger partial charge in [0.25, 0.3) is 5.91 Å². The van der Waals surface area contributed by atoms with Crippen molar-refractivity contribution in [3.05, 3.63) is 41.9 Å². The zero-order chi connectivity index (χ0) is 21.9. The Balaban J connectivity index is 1.61. The molecule has 8 nitrogen and oxygen atoms in total. The number of amides is 1. The van der Waals surface area contributed by atoms with Crippen molar-refractivity contribution in [3.8, 4) is 0 Å². The fraction of sp³-hybridized carbons (Fsp3) is 0.500. The Bertz CT molecular complexity index is 807. The number of rotatable bonds is 5. The minimum atomic E-state index is -4.47. The summed E-state index contributed by atoms with van der Waals surface area (Å²) in [5.41, 5.74) is 5.46. The molecule has 1 aromatic rings. The monoisotopic (exact) mass is 444 g/mol. The molecule has 0 saturated carbocycles. The van der Waals surface area contributed by atoms with Gasteiger partial charge in [0.05, 0.1) is 11.1 Å². The van der Waals surface area contributed by atoms with E-state index in [1.54, 1.807) is 33.1 Å². The smallest absolute Gasteiger partial charge is 0.346 e. The number of anilines is 1. The van der Waals surface area contributed by atoms with Gasteiger partial charge in [0.2, 0.25) is 5.95 Å². The van der Waals surface area contributed by atoms with E-state index in [0.29, 0.717) is 38.3 Å². The van der Waals surface area contributed by atoms with Gasteiger partial charge >= 0.3 is 6.18 Å². The topological polar surface area (TPSA) is 87.8 Å². The molecule has 0 unspecified atom stereocenters. The van der Waals surface area contributed by atoms with E-state index in [4.69, 9.17) is 9.92 Å². The van der Waals surface area contributed by atoms with Gasteiger partial charge in [-0.15, -0.1) is 0 Å². The third-order valence-corrected chi connectivity index (χ3v) is 4.96. The first-order valence-corrected chi connectivity index (χ1v) is 9.70. The summed E-state index contributed by atoms with van der Waals surface area (Å²) in [4.78, 5) is 25.8. The maximum absolute atomic E-state index is 12.9. The Morgan fingerprint density at radius 2 is 1.93 bits per heavy atom. The lowest BCUT2D eigenvalue weighted by Gasteiger charge is -2.36. The number of halogens is 3. The summed E-state index contributed by atoms with van der Waals surface area (Å²) in [6, 6.07) is -0.123. The number of nitrogens with zero attached hydrogens (tertiary/aromatic N) is 5. The van der Waals surface area contributed by atoms with Gasteiger partial charge in [-0.2, -0.15) is 13.2 Å². The molecule has 2 N–H and O–H groups in total. The molecule has 164 valence electrons. The zero-order valence-corrected chi connectivity index (χ0v) is 17.2. The number of thiol groups is 1. The van der Waals surface area contributed by atoms with Gasteiger partial charge < -0.3 is 20.4 Å². The molecule has 0 spiro atoms. The highest BCUT2D eigenvalue weighted by Crippen LogP contribution is 2.28. The molecule has 0 aromatic carbocycles. The van der Waals surface area contributed by atoms with Crippen molar-refractivity contribution in [2.24, 2.45) is 5.73 Å². The van der Waals surface area contributed by atoms with Crippen molar-refractivity contribution in [1.82, 2.24) is 19.8 Å². The molecule has 3 heterocycles. The van der Waals surface area contributed by atoms with Crippen LogP contribution in [0.3, 0.4) is 0 Å². The molecule has 2 aliphatic heterocycles. The van der Waals surface area contributed by atoms with E-state index in [0.717, 1.165) is 12.4 Å². The number of piperazine rings is 1. The summed E-state index contributed by atoms with van der Waals surface area (Å²) >= 11 is 3.86. The van der Waals surface area contributed by atoms with Crippen LogP contribution in [0.1, 0.15) is 12.5 Å². The minimum absolute atomic E-state index is 0.123. The summed E-state index contributed by atoms with van der Waals surface area (Å²) in [6.45, 7) is 3.97. The lowest BCUT2D eigenvalue weighted by molar-refractivity contribution is -0.138. The van der Waals surface area contributed by atoms with Crippen molar-refractivity contribution >= 4 is 24.8 Å². The van der Waals surface area contributed by atoms with Crippen molar-refractivity contribution in [2.75, 3.05) is 37.6 Å². The molecule has 3 rings (SSSR count). The van der Waals surface area contributed by atoms with Gasteiger partial charge in [-0.3, -0.25) is 8.98 Å². The maximum atomic E-state index is 12.9. The van der Waals surface area contributed by atoms with Crippen LogP contribution in [0.25, 0.3) is 0 Å². The molecule has 12 heteroatoms. The molecule has 2 aliphatic rings. The van der Waals surface area contributed by atoms with Crippen LogP contribution in [0.15, 0.2) is 36.3 Å². The number of carbonyl (C=O) groups is 1. The van der Waals surface area contributed by atoms with Crippen LogP contribution in [0.2, 0.25) is 0 Å². The number of alkyl halides is 3. The third kappa shape index (κ3) is 5.24. The van der Waals surface area contributed by atoms with E-state index >= 15 is 0 Å². The summed E-state index contributed by atoms with van der Waals surface area (Å²) in [7, 11) is 0. The Labute approximate surface area is 177 Å². The molecular formula is C18H23F3N6O2S. The van der Waals surface area contributed by atoms with Gasteiger partial charge in [0.15, 0.2) is 6.23 Å². The molecule has 0 bridgehead atoms. The van der Waals surface area contributed by atoms with Crippen molar-refractivity contribution in [1.29, 1.82) is 0 Å². The van der Waals surface area contributed by atoms with E-state index in [-0.39, 0.29) is 17.9 Å². The van der Waals surface area contributed by atoms with Crippen LogP contribution in [0, 0.1) is 0 Å². The SMILES string of the molecule is C[C@H](N)CN1C=C(C(=O)N2CCN(c3ncc(C(F)(F)F)cn3)CC2)C=C[C@@H]1OS. The molecule has 1 saturated heterocycles. The molecule has 0 radical (unpaired) electrons. The van der Waals surface area contributed by atoms with E-state index in [2.05, 4.69) is 22.9 Å². The number of nitrogens with two attached hydrogens (primary N) is 1. The molecule has 1 amide bonds. The Morgan fingerprint density at radius 3 is 2.47 bits per heavy atom. The van der Waals surface area contributed by atoms with E-state index in [1.165, 1.54) is 0 Å². The highest BCUT2D eigenvalue weighted by Gasteiger charge is 2.32. The van der Waals surface area contributed by atoms with Crippen LogP contribution in [0.5, 0.6) is 0 Å². The summed E-state index contributed by atoms with van der Waals surface area (Å²) in [5.74, 6) is 0.0651. The highest BCUT2D eigenvalue weighted by molar-refractivity contribution is 7.75. The molecule has 30 heavy (non-hydrogen) atoms. The van der Waals surface area contributed by atoms with Crippen molar-refractivity contribution < 1.29 is 22.1 Å². The molecule has 2 atom stereocenters. The first kappa shape index (κ1) is 22.4. The lowest BCUT2D eigenvalue weighted by atomic mass is 10.1. The average molecular weight is 444 g/mol. The van der Waals surface area contributed by atoms with E-state index in [9.17, 15) is 18.0 Å². The van der Waals surface area contributed by atoms with Gasteiger partial charge in [-0.05, 0) is 32.0 Å². The standard InChI is InChI=1S/C18H23F3N6O2S/c1-12(22)10-27-11-13(2-3-15(27)29-30)16(28)25-4-6-26(7-5-25)17-23-8-14(9-24-17)18(19,20)21/h2-3,8-9,11-12,15,30H,4-7,10,22H2,1H3/t12-,15-/m0/s1. The van der Waals surface area contributed by atoms with Crippen LogP contribution in [-0.2, 0) is 15.2 Å². The Hall–Kier alpha value is -2.31. The number of hydrogen-bond donors (Lipinski definition) is 2. The van der Waals surface area contributed by atoms with E-state index in [1.807, 2.05) is 6.92 Å². The average Bonchev–Trinajstić information content (AvgIpc) is 2.72. The number of hydrogen-bond acceptors (Lipinski definition) is 8.